The fraction of sp³-hybridized carbons (Fsp3) is 0.500. The van der Waals surface area contributed by atoms with E-state index in [9.17, 15) is 14.3 Å². The van der Waals surface area contributed by atoms with Gasteiger partial charge in [0.05, 0.1) is 17.7 Å². The summed E-state index contributed by atoms with van der Waals surface area (Å²) in [6.07, 6.45) is 0.0298. The second-order valence-electron chi connectivity index (χ2n) is 5.09. The molecule has 1 saturated heterocycles. The van der Waals surface area contributed by atoms with E-state index in [2.05, 4.69) is 0 Å². The van der Waals surface area contributed by atoms with Crippen molar-refractivity contribution in [1.29, 1.82) is 0 Å². The van der Waals surface area contributed by atoms with Crippen LogP contribution in [0.5, 0.6) is 0 Å². The van der Waals surface area contributed by atoms with Gasteiger partial charge in [0.25, 0.3) is 0 Å². The van der Waals surface area contributed by atoms with Crippen LogP contribution in [0, 0.1) is 5.82 Å². The molecular weight excluding hydrogens is 283 g/mol. The van der Waals surface area contributed by atoms with E-state index in [4.69, 9.17) is 11.6 Å². The highest BCUT2D eigenvalue weighted by atomic mass is 35.5. The minimum Gasteiger partial charge on any atom is -0.387 e. The Morgan fingerprint density at radius 3 is 2.90 bits per heavy atom. The second-order valence-corrected chi connectivity index (χ2v) is 5.50. The van der Waals surface area contributed by atoms with Gasteiger partial charge in [0.1, 0.15) is 5.82 Å². The number of hydrogen-bond acceptors (Lipinski definition) is 3. The van der Waals surface area contributed by atoms with Gasteiger partial charge in [-0.1, -0.05) is 17.7 Å². The van der Waals surface area contributed by atoms with Crippen molar-refractivity contribution in [2.75, 3.05) is 33.2 Å². The van der Waals surface area contributed by atoms with Gasteiger partial charge in [-0.15, -0.1) is 0 Å². The van der Waals surface area contributed by atoms with Crippen LogP contribution in [-0.2, 0) is 4.79 Å². The molecule has 1 atom stereocenters. The number of aliphatic hydroxyl groups excluding tert-OH is 1. The molecule has 1 aliphatic rings. The maximum Gasteiger partial charge on any atom is 0.236 e. The monoisotopic (exact) mass is 300 g/mol. The van der Waals surface area contributed by atoms with Crippen LogP contribution in [0.25, 0.3) is 0 Å². The number of likely N-dealkylation sites (N-methyl/N-ethyl adjacent to an activating group) is 1. The molecule has 0 aliphatic carbocycles. The lowest BCUT2D eigenvalue weighted by Crippen LogP contribution is -2.36. The van der Waals surface area contributed by atoms with Crippen molar-refractivity contribution in [3.63, 3.8) is 0 Å². The van der Waals surface area contributed by atoms with Crippen molar-refractivity contribution in [3.05, 3.63) is 34.6 Å². The smallest absolute Gasteiger partial charge is 0.236 e. The number of hydrogen-bond donors (Lipinski definition) is 1. The summed E-state index contributed by atoms with van der Waals surface area (Å²) in [7, 11) is 1.77. The Morgan fingerprint density at radius 1 is 1.45 bits per heavy atom. The third kappa shape index (κ3) is 3.69. The maximum atomic E-state index is 13.4. The lowest BCUT2D eigenvalue weighted by atomic mass is 10.1. The second kappa shape index (κ2) is 6.52. The molecule has 0 radical (unpaired) electrons. The lowest BCUT2D eigenvalue weighted by Gasteiger charge is -2.22. The largest absolute Gasteiger partial charge is 0.387 e. The number of carbonyl (C=O) groups excluding carboxylic acids is 1. The van der Waals surface area contributed by atoms with Crippen molar-refractivity contribution >= 4 is 17.5 Å². The van der Waals surface area contributed by atoms with Crippen LogP contribution in [0.4, 0.5) is 4.39 Å². The molecule has 1 amide bonds. The van der Waals surface area contributed by atoms with E-state index in [-0.39, 0.29) is 17.5 Å². The molecule has 0 saturated carbocycles. The van der Waals surface area contributed by atoms with Gasteiger partial charge < -0.3 is 10.0 Å². The summed E-state index contributed by atoms with van der Waals surface area (Å²) in [6.45, 7) is 2.05. The van der Waals surface area contributed by atoms with Gasteiger partial charge in [-0.05, 0) is 24.1 Å². The summed E-state index contributed by atoms with van der Waals surface area (Å²) in [6, 6.07) is 4.26. The quantitative estimate of drug-likeness (QED) is 0.923. The highest BCUT2D eigenvalue weighted by Crippen LogP contribution is 2.21. The van der Waals surface area contributed by atoms with Crippen LogP contribution in [-0.4, -0.2) is 54.0 Å². The Kier molecular flexibility index (Phi) is 4.96. The van der Waals surface area contributed by atoms with Crippen molar-refractivity contribution in [1.82, 2.24) is 9.80 Å². The summed E-state index contributed by atoms with van der Waals surface area (Å²) in [5.74, 6) is -0.508. The number of β-amino-alcohol motifs (C(OH)–C–C–N with tert-alkyl or cyclic N) is 1. The van der Waals surface area contributed by atoms with Gasteiger partial charge in [0.15, 0.2) is 0 Å². The minimum atomic E-state index is -0.835. The van der Waals surface area contributed by atoms with Crippen LogP contribution in [0.2, 0.25) is 5.02 Å². The van der Waals surface area contributed by atoms with Crippen molar-refractivity contribution in [2.24, 2.45) is 0 Å². The normalized spacial score (nSPS) is 19.0. The van der Waals surface area contributed by atoms with E-state index >= 15 is 0 Å². The summed E-state index contributed by atoms with van der Waals surface area (Å²) < 4.78 is 13.4. The SMILES string of the molecule is CN1CCCN(CC(O)c2ccc(Cl)c(F)c2)CC1=O. The summed E-state index contributed by atoms with van der Waals surface area (Å²) in [5, 5.41) is 10.2. The first-order valence-corrected chi connectivity index (χ1v) is 6.94. The molecule has 20 heavy (non-hydrogen) atoms. The molecule has 1 N–H and O–H groups in total. The summed E-state index contributed by atoms with van der Waals surface area (Å²) >= 11 is 5.62. The van der Waals surface area contributed by atoms with Crippen LogP contribution < -0.4 is 0 Å². The highest BCUT2D eigenvalue weighted by molar-refractivity contribution is 6.30. The molecule has 0 aromatic heterocycles. The number of aliphatic hydroxyl groups is 1. The Bertz CT molecular complexity index is 498. The number of nitrogens with zero attached hydrogens (tertiary/aromatic N) is 2. The van der Waals surface area contributed by atoms with Gasteiger partial charge in [-0.2, -0.15) is 0 Å². The molecule has 1 aliphatic heterocycles. The fourth-order valence-electron chi connectivity index (χ4n) is 2.27. The predicted octanol–water partition coefficient (Wildman–Crippen LogP) is 1.68. The average Bonchev–Trinajstić information content (AvgIpc) is 2.55. The summed E-state index contributed by atoms with van der Waals surface area (Å²) in [5.41, 5.74) is 0.469. The number of halogens is 2. The van der Waals surface area contributed by atoms with Crippen molar-refractivity contribution in [2.45, 2.75) is 12.5 Å². The fourth-order valence-corrected chi connectivity index (χ4v) is 2.39. The topological polar surface area (TPSA) is 43.8 Å². The van der Waals surface area contributed by atoms with E-state index in [1.807, 2.05) is 4.90 Å². The van der Waals surface area contributed by atoms with E-state index in [0.717, 1.165) is 19.5 Å². The maximum absolute atomic E-state index is 13.4. The molecule has 4 nitrogen and oxygen atoms in total. The van der Waals surface area contributed by atoms with E-state index < -0.39 is 11.9 Å². The number of benzene rings is 1. The predicted molar refractivity (Wildman–Crippen MR) is 75.1 cm³/mol. The molecule has 1 aromatic rings. The Hall–Kier alpha value is -1.17. The first-order valence-electron chi connectivity index (χ1n) is 6.56. The number of rotatable bonds is 3. The average molecular weight is 301 g/mol. The standard InChI is InChI=1S/C14H18ClFN2O2/c1-17-5-2-6-18(9-14(17)20)8-13(19)10-3-4-11(15)12(16)7-10/h3-4,7,13,19H,2,5-6,8-9H2,1H3. The molecule has 0 bridgehead atoms. The van der Waals surface area contributed by atoms with Gasteiger partial charge in [-0.3, -0.25) is 9.69 Å². The lowest BCUT2D eigenvalue weighted by molar-refractivity contribution is -0.130. The van der Waals surface area contributed by atoms with E-state index in [1.54, 1.807) is 18.0 Å². The number of amides is 1. The molecule has 1 heterocycles. The van der Waals surface area contributed by atoms with Crippen LogP contribution in [0.1, 0.15) is 18.1 Å². The zero-order chi connectivity index (χ0) is 14.7. The van der Waals surface area contributed by atoms with Gasteiger partial charge in [-0.25, -0.2) is 4.39 Å². The minimum absolute atomic E-state index is 0.0347. The van der Waals surface area contributed by atoms with E-state index in [0.29, 0.717) is 12.1 Å². The van der Waals surface area contributed by atoms with E-state index in [1.165, 1.54) is 12.1 Å². The zero-order valence-electron chi connectivity index (χ0n) is 11.4. The zero-order valence-corrected chi connectivity index (χ0v) is 12.1. The Morgan fingerprint density at radius 2 is 2.20 bits per heavy atom. The molecule has 1 unspecified atom stereocenters. The molecule has 1 fully saturated rings. The molecule has 6 heteroatoms. The Labute approximate surface area is 122 Å². The molecule has 2 rings (SSSR count). The first kappa shape index (κ1) is 15.2. The van der Waals surface area contributed by atoms with Gasteiger partial charge in [0, 0.05) is 26.7 Å². The molecule has 110 valence electrons. The molecular formula is C14H18ClFN2O2. The van der Waals surface area contributed by atoms with Crippen LogP contribution >= 0.6 is 11.6 Å². The first-order chi connectivity index (χ1) is 9.47. The van der Waals surface area contributed by atoms with Gasteiger partial charge in [0.2, 0.25) is 5.91 Å². The molecule has 1 aromatic carbocycles. The van der Waals surface area contributed by atoms with Crippen molar-refractivity contribution in [3.8, 4) is 0 Å². The van der Waals surface area contributed by atoms with Crippen LogP contribution in [0.15, 0.2) is 18.2 Å². The highest BCUT2D eigenvalue weighted by Gasteiger charge is 2.21. The third-order valence-corrected chi connectivity index (χ3v) is 3.82. The van der Waals surface area contributed by atoms with Crippen LogP contribution in [0.3, 0.4) is 0 Å². The third-order valence-electron chi connectivity index (χ3n) is 3.51. The van der Waals surface area contributed by atoms with Crippen molar-refractivity contribution < 1.29 is 14.3 Å². The molecule has 0 spiro atoms. The summed E-state index contributed by atoms with van der Waals surface area (Å²) in [4.78, 5) is 15.3. The van der Waals surface area contributed by atoms with Gasteiger partial charge >= 0.3 is 0 Å². The Balaban J connectivity index is 2.01. The number of carbonyl (C=O) groups is 1.